The summed E-state index contributed by atoms with van der Waals surface area (Å²) in [5, 5.41) is 18.2. The number of ether oxygens (including phenoxy) is 1. The lowest BCUT2D eigenvalue weighted by Gasteiger charge is -2.21. The number of amides is 4. The van der Waals surface area contributed by atoms with Crippen LogP contribution >= 0.6 is 0 Å². The van der Waals surface area contributed by atoms with Crippen molar-refractivity contribution in [1.29, 1.82) is 0 Å². The summed E-state index contributed by atoms with van der Waals surface area (Å²) in [6, 6.07) is 11.5. The lowest BCUT2D eigenvalue weighted by Crippen LogP contribution is -2.40. The Morgan fingerprint density at radius 1 is 1.18 bits per heavy atom. The molecular weight excluding hydrogens is 368 g/mol. The largest absolute Gasteiger partial charge is 0.477 e. The average molecular weight is 384 g/mol. The standard InChI is InChI=1S/C18H16N4O6/c1-18(16(24)20-17(25)21-18)11-6-8-12(9-7-11)19-15(23)10-28-14-5-3-2-4-13(14)22(26)27/h2-9H,10H2,1H3,(H,19,23)(H2,20,21,24,25)/t18-/m0/s1. The molecule has 4 amide bonds. The Hall–Kier alpha value is -3.95. The van der Waals surface area contributed by atoms with Crippen molar-refractivity contribution in [3.8, 4) is 5.75 Å². The first-order chi connectivity index (χ1) is 13.3. The zero-order valence-corrected chi connectivity index (χ0v) is 14.7. The van der Waals surface area contributed by atoms with Gasteiger partial charge in [-0.15, -0.1) is 0 Å². The normalized spacial score (nSPS) is 18.2. The van der Waals surface area contributed by atoms with Gasteiger partial charge in [0.05, 0.1) is 4.92 Å². The predicted molar refractivity (Wildman–Crippen MR) is 97.7 cm³/mol. The van der Waals surface area contributed by atoms with Gasteiger partial charge in [-0.05, 0) is 30.7 Å². The van der Waals surface area contributed by atoms with Crippen LogP contribution in [-0.4, -0.2) is 29.4 Å². The van der Waals surface area contributed by atoms with E-state index in [1.54, 1.807) is 37.3 Å². The molecule has 3 N–H and O–H groups in total. The third-order valence-corrected chi connectivity index (χ3v) is 4.21. The first-order valence-corrected chi connectivity index (χ1v) is 8.20. The second-order valence-corrected chi connectivity index (χ2v) is 6.17. The molecule has 0 aliphatic carbocycles. The highest BCUT2D eigenvalue weighted by Gasteiger charge is 2.43. The molecule has 0 aromatic heterocycles. The van der Waals surface area contributed by atoms with E-state index in [4.69, 9.17) is 4.74 Å². The molecule has 1 heterocycles. The van der Waals surface area contributed by atoms with E-state index >= 15 is 0 Å². The van der Waals surface area contributed by atoms with Crippen molar-refractivity contribution in [3.63, 3.8) is 0 Å². The number of urea groups is 1. The van der Waals surface area contributed by atoms with Gasteiger partial charge in [-0.3, -0.25) is 25.0 Å². The predicted octanol–water partition coefficient (Wildman–Crippen LogP) is 1.67. The number of hydrogen-bond donors (Lipinski definition) is 3. The maximum Gasteiger partial charge on any atom is 0.322 e. The number of rotatable bonds is 6. The number of carbonyl (C=O) groups excluding carboxylic acids is 3. The van der Waals surface area contributed by atoms with Crippen LogP contribution in [-0.2, 0) is 15.1 Å². The number of hydrogen-bond acceptors (Lipinski definition) is 6. The van der Waals surface area contributed by atoms with E-state index in [2.05, 4.69) is 16.0 Å². The van der Waals surface area contributed by atoms with Crippen molar-refractivity contribution in [2.24, 2.45) is 0 Å². The van der Waals surface area contributed by atoms with Crippen molar-refractivity contribution in [2.75, 3.05) is 11.9 Å². The molecule has 1 atom stereocenters. The molecule has 3 rings (SSSR count). The monoisotopic (exact) mass is 384 g/mol. The molecular formula is C18H16N4O6. The number of nitrogens with one attached hydrogen (secondary N) is 3. The van der Waals surface area contributed by atoms with Gasteiger partial charge in [0.1, 0.15) is 5.54 Å². The van der Waals surface area contributed by atoms with Crippen molar-refractivity contribution in [1.82, 2.24) is 10.6 Å². The fourth-order valence-corrected chi connectivity index (χ4v) is 2.70. The van der Waals surface area contributed by atoms with Crippen LogP contribution in [0.3, 0.4) is 0 Å². The lowest BCUT2D eigenvalue weighted by molar-refractivity contribution is -0.385. The zero-order valence-electron chi connectivity index (χ0n) is 14.7. The Bertz CT molecular complexity index is 959. The molecule has 28 heavy (non-hydrogen) atoms. The Labute approximate surface area is 159 Å². The second kappa shape index (κ2) is 7.35. The highest BCUT2D eigenvalue weighted by molar-refractivity contribution is 6.07. The van der Waals surface area contributed by atoms with Gasteiger partial charge in [-0.1, -0.05) is 24.3 Å². The van der Waals surface area contributed by atoms with Crippen LogP contribution in [0.4, 0.5) is 16.2 Å². The van der Waals surface area contributed by atoms with Crippen LogP contribution in [0.15, 0.2) is 48.5 Å². The third kappa shape index (κ3) is 3.75. The van der Waals surface area contributed by atoms with Gasteiger partial charge in [0.25, 0.3) is 11.8 Å². The summed E-state index contributed by atoms with van der Waals surface area (Å²) < 4.78 is 5.23. The van der Waals surface area contributed by atoms with Crippen molar-refractivity contribution >= 4 is 29.2 Å². The summed E-state index contributed by atoms with van der Waals surface area (Å²) >= 11 is 0. The molecule has 0 radical (unpaired) electrons. The molecule has 1 aliphatic heterocycles. The number of nitrogens with zero attached hydrogens (tertiary/aromatic N) is 1. The molecule has 0 bridgehead atoms. The topological polar surface area (TPSA) is 140 Å². The molecule has 10 heteroatoms. The Morgan fingerprint density at radius 3 is 2.46 bits per heavy atom. The molecule has 2 aromatic rings. The number of nitro benzene ring substituents is 1. The van der Waals surface area contributed by atoms with Crippen molar-refractivity contribution < 1.29 is 24.0 Å². The Balaban J connectivity index is 1.62. The quantitative estimate of drug-likeness (QED) is 0.393. The Kier molecular flexibility index (Phi) is 4.94. The number of para-hydroxylation sites is 2. The minimum absolute atomic E-state index is 0.00564. The molecule has 10 nitrogen and oxygen atoms in total. The average Bonchev–Trinajstić information content (AvgIpc) is 2.93. The van der Waals surface area contributed by atoms with Gasteiger partial charge in [-0.25, -0.2) is 4.79 Å². The van der Waals surface area contributed by atoms with E-state index in [1.807, 2.05) is 0 Å². The third-order valence-electron chi connectivity index (χ3n) is 4.21. The number of nitro groups is 1. The number of benzene rings is 2. The van der Waals surface area contributed by atoms with E-state index in [0.29, 0.717) is 11.3 Å². The number of carbonyl (C=O) groups is 3. The van der Waals surface area contributed by atoms with Gasteiger partial charge in [0, 0.05) is 11.8 Å². The molecule has 0 spiro atoms. The van der Waals surface area contributed by atoms with E-state index in [-0.39, 0.29) is 11.4 Å². The van der Waals surface area contributed by atoms with Gasteiger partial charge in [0.2, 0.25) is 0 Å². The van der Waals surface area contributed by atoms with E-state index in [9.17, 15) is 24.5 Å². The minimum Gasteiger partial charge on any atom is -0.477 e. The number of imide groups is 1. The lowest BCUT2D eigenvalue weighted by atomic mass is 9.92. The summed E-state index contributed by atoms with van der Waals surface area (Å²) in [5.74, 6) is -0.981. The molecule has 0 saturated carbocycles. The van der Waals surface area contributed by atoms with Gasteiger partial charge >= 0.3 is 11.7 Å². The van der Waals surface area contributed by atoms with E-state index in [1.165, 1.54) is 18.2 Å². The molecule has 1 saturated heterocycles. The van der Waals surface area contributed by atoms with Crippen LogP contribution in [0, 0.1) is 10.1 Å². The summed E-state index contributed by atoms with van der Waals surface area (Å²) in [4.78, 5) is 45.7. The highest BCUT2D eigenvalue weighted by atomic mass is 16.6. The fraction of sp³-hybridized carbons (Fsp3) is 0.167. The molecule has 2 aromatic carbocycles. The Morgan fingerprint density at radius 2 is 1.86 bits per heavy atom. The van der Waals surface area contributed by atoms with E-state index < -0.39 is 34.9 Å². The minimum atomic E-state index is -1.19. The SMILES string of the molecule is C[C@@]1(c2ccc(NC(=O)COc3ccccc3[N+](=O)[O-])cc2)NC(=O)NC1=O. The van der Waals surface area contributed by atoms with Gasteiger partial charge < -0.3 is 15.4 Å². The smallest absolute Gasteiger partial charge is 0.322 e. The summed E-state index contributed by atoms with van der Waals surface area (Å²) in [5.41, 5.74) is -0.433. The highest BCUT2D eigenvalue weighted by Crippen LogP contribution is 2.27. The van der Waals surface area contributed by atoms with Crippen molar-refractivity contribution in [2.45, 2.75) is 12.5 Å². The summed E-state index contributed by atoms with van der Waals surface area (Å²) in [6.07, 6.45) is 0. The van der Waals surface area contributed by atoms with Gasteiger partial charge in [0.15, 0.2) is 12.4 Å². The summed E-state index contributed by atoms with van der Waals surface area (Å²) in [6.45, 7) is 1.16. The molecule has 144 valence electrons. The second-order valence-electron chi connectivity index (χ2n) is 6.17. The maximum atomic E-state index is 12.0. The molecule has 0 unspecified atom stereocenters. The van der Waals surface area contributed by atoms with Crippen LogP contribution in [0.1, 0.15) is 12.5 Å². The van der Waals surface area contributed by atoms with Crippen LogP contribution in [0.25, 0.3) is 0 Å². The van der Waals surface area contributed by atoms with Crippen LogP contribution in [0.5, 0.6) is 5.75 Å². The van der Waals surface area contributed by atoms with Gasteiger partial charge in [-0.2, -0.15) is 0 Å². The first kappa shape index (κ1) is 18.8. The summed E-state index contributed by atoms with van der Waals surface area (Å²) in [7, 11) is 0. The van der Waals surface area contributed by atoms with Crippen molar-refractivity contribution in [3.05, 3.63) is 64.2 Å². The molecule has 1 aliphatic rings. The maximum absolute atomic E-state index is 12.0. The van der Waals surface area contributed by atoms with Crippen LogP contribution < -0.4 is 20.7 Å². The van der Waals surface area contributed by atoms with E-state index in [0.717, 1.165) is 0 Å². The zero-order chi connectivity index (χ0) is 20.3. The molecule has 1 fully saturated rings. The van der Waals surface area contributed by atoms with Crippen LogP contribution in [0.2, 0.25) is 0 Å². The fourth-order valence-electron chi connectivity index (χ4n) is 2.70. The first-order valence-electron chi connectivity index (χ1n) is 8.20. The number of anilines is 1.